The van der Waals surface area contributed by atoms with Crippen molar-refractivity contribution in [2.75, 3.05) is 24.3 Å². The van der Waals surface area contributed by atoms with E-state index in [9.17, 15) is 5.11 Å². The molecule has 110 valence electrons. The molecule has 0 radical (unpaired) electrons. The molecule has 4 heteroatoms. The van der Waals surface area contributed by atoms with Gasteiger partial charge in [0.1, 0.15) is 5.75 Å². The highest BCUT2D eigenvalue weighted by atomic mass is 16.3. The van der Waals surface area contributed by atoms with Crippen LogP contribution >= 0.6 is 0 Å². The predicted octanol–water partition coefficient (Wildman–Crippen LogP) is 3.34. The number of nitrogens with zero attached hydrogens (tertiary/aromatic N) is 2. The first kappa shape index (κ1) is 13.7. The lowest BCUT2D eigenvalue weighted by atomic mass is 9.87. The van der Waals surface area contributed by atoms with Crippen LogP contribution in [0.2, 0.25) is 0 Å². The second-order valence-corrected chi connectivity index (χ2v) is 5.76. The van der Waals surface area contributed by atoms with Crippen molar-refractivity contribution >= 4 is 11.4 Å². The number of aryl methyl sites for hydroxylation is 1. The minimum Gasteiger partial charge on any atom is -0.508 e. The summed E-state index contributed by atoms with van der Waals surface area (Å²) in [7, 11) is 4.06. The smallest absolute Gasteiger partial charge is 0.115 e. The summed E-state index contributed by atoms with van der Waals surface area (Å²) in [5, 5.41) is 13.4. The first-order chi connectivity index (χ1) is 10.1. The number of phenols is 1. The highest BCUT2D eigenvalue weighted by Gasteiger charge is 2.21. The summed E-state index contributed by atoms with van der Waals surface area (Å²) in [6.45, 7) is 0. The summed E-state index contributed by atoms with van der Waals surface area (Å²) in [5.74, 6) is 0.335. The lowest BCUT2D eigenvalue weighted by Crippen LogP contribution is -2.19. The first-order valence-electron chi connectivity index (χ1n) is 7.35. The van der Waals surface area contributed by atoms with Gasteiger partial charge in [-0.3, -0.25) is 4.98 Å². The van der Waals surface area contributed by atoms with Gasteiger partial charge in [-0.25, -0.2) is 0 Å². The molecule has 0 bridgehead atoms. The quantitative estimate of drug-likeness (QED) is 0.907. The van der Waals surface area contributed by atoms with Crippen molar-refractivity contribution < 1.29 is 5.11 Å². The van der Waals surface area contributed by atoms with Crippen LogP contribution in [0.5, 0.6) is 5.75 Å². The summed E-state index contributed by atoms with van der Waals surface area (Å²) in [6, 6.07) is 7.93. The molecule has 0 spiro atoms. The fourth-order valence-electron chi connectivity index (χ4n) is 3.01. The number of phenolic OH excluding ortho intramolecular Hbond substituents is 1. The molecule has 1 atom stereocenters. The van der Waals surface area contributed by atoms with Gasteiger partial charge in [0.05, 0.1) is 23.6 Å². The van der Waals surface area contributed by atoms with E-state index in [4.69, 9.17) is 0 Å². The van der Waals surface area contributed by atoms with Crippen LogP contribution in [0, 0.1) is 0 Å². The number of hydrogen-bond donors (Lipinski definition) is 2. The molecule has 0 fully saturated rings. The van der Waals surface area contributed by atoms with E-state index in [1.165, 1.54) is 11.1 Å². The summed E-state index contributed by atoms with van der Waals surface area (Å²) in [6.07, 6.45) is 6.99. The van der Waals surface area contributed by atoms with Gasteiger partial charge in [0.15, 0.2) is 0 Å². The fraction of sp³-hybridized carbons (Fsp3) is 0.353. The maximum absolute atomic E-state index is 9.77. The molecule has 1 aromatic carbocycles. The zero-order chi connectivity index (χ0) is 14.8. The van der Waals surface area contributed by atoms with E-state index in [-0.39, 0.29) is 6.04 Å². The summed E-state index contributed by atoms with van der Waals surface area (Å²) in [5.41, 5.74) is 4.68. The molecule has 0 saturated carbocycles. The topological polar surface area (TPSA) is 48.4 Å². The molecular formula is C17H21N3O. The van der Waals surface area contributed by atoms with Crippen LogP contribution in [0.4, 0.5) is 11.4 Å². The Bertz CT molecular complexity index is 640. The summed E-state index contributed by atoms with van der Waals surface area (Å²) in [4.78, 5) is 6.31. The van der Waals surface area contributed by atoms with Gasteiger partial charge in [0.25, 0.3) is 0 Å². The van der Waals surface area contributed by atoms with Crippen molar-refractivity contribution in [1.82, 2.24) is 4.98 Å². The standard InChI is InChI=1S/C17H21N3O/c1-20(2)17-8-9-18-11-16(17)19-15-5-3-4-12-6-7-13(21)10-14(12)15/h6-11,15,19,21H,3-5H2,1-2H3. The molecule has 0 aliphatic heterocycles. The highest BCUT2D eigenvalue weighted by Crippen LogP contribution is 2.36. The lowest BCUT2D eigenvalue weighted by molar-refractivity contribution is 0.471. The molecule has 3 rings (SSSR count). The van der Waals surface area contributed by atoms with E-state index in [1.807, 2.05) is 38.5 Å². The maximum Gasteiger partial charge on any atom is 0.115 e. The van der Waals surface area contributed by atoms with E-state index in [1.54, 1.807) is 12.3 Å². The molecule has 0 amide bonds. The SMILES string of the molecule is CN(C)c1ccncc1NC1CCCc2ccc(O)cc21. The second-order valence-electron chi connectivity index (χ2n) is 5.76. The molecule has 21 heavy (non-hydrogen) atoms. The third-order valence-electron chi connectivity index (χ3n) is 4.05. The van der Waals surface area contributed by atoms with Gasteiger partial charge >= 0.3 is 0 Å². The Kier molecular flexibility index (Phi) is 3.69. The lowest BCUT2D eigenvalue weighted by Gasteiger charge is -2.29. The third-order valence-corrected chi connectivity index (χ3v) is 4.05. The van der Waals surface area contributed by atoms with Crippen LogP contribution in [0.3, 0.4) is 0 Å². The Morgan fingerprint density at radius 3 is 2.95 bits per heavy atom. The molecule has 1 heterocycles. The van der Waals surface area contributed by atoms with Crippen molar-refractivity contribution in [2.24, 2.45) is 0 Å². The zero-order valence-corrected chi connectivity index (χ0v) is 12.5. The van der Waals surface area contributed by atoms with Gasteiger partial charge in [-0.2, -0.15) is 0 Å². The van der Waals surface area contributed by atoms with Crippen molar-refractivity contribution in [3.8, 4) is 5.75 Å². The van der Waals surface area contributed by atoms with Crippen molar-refractivity contribution in [3.63, 3.8) is 0 Å². The Balaban J connectivity index is 1.92. The van der Waals surface area contributed by atoms with Crippen molar-refractivity contribution in [1.29, 1.82) is 0 Å². The number of nitrogens with one attached hydrogen (secondary N) is 1. The van der Waals surface area contributed by atoms with Gasteiger partial charge in [-0.15, -0.1) is 0 Å². The number of pyridine rings is 1. The predicted molar refractivity (Wildman–Crippen MR) is 86.0 cm³/mol. The second kappa shape index (κ2) is 5.64. The maximum atomic E-state index is 9.77. The number of anilines is 2. The van der Waals surface area contributed by atoms with Crippen LogP contribution in [-0.2, 0) is 6.42 Å². The average Bonchev–Trinajstić information content (AvgIpc) is 2.48. The highest BCUT2D eigenvalue weighted by molar-refractivity contribution is 5.69. The van der Waals surface area contributed by atoms with Gasteiger partial charge in [0, 0.05) is 20.3 Å². The molecular weight excluding hydrogens is 262 g/mol. The molecule has 4 nitrogen and oxygen atoms in total. The molecule has 2 aromatic rings. The third kappa shape index (κ3) is 2.79. The summed E-state index contributed by atoms with van der Waals surface area (Å²) >= 11 is 0. The van der Waals surface area contributed by atoms with Crippen molar-refractivity contribution in [2.45, 2.75) is 25.3 Å². The van der Waals surface area contributed by atoms with Crippen LogP contribution < -0.4 is 10.2 Å². The normalized spacial score (nSPS) is 17.1. The summed E-state index contributed by atoms with van der Waals surface area (Å²) < 4.78 is 0. The first-order valence-corrected chi connectivity index (χ1v) is 7.35. The average molecular weight is 283 g/mol. The van der Waals surface area contributed by atoms with E-state index in [0.29, 0.717) is 5.75 Å². The number of aromatic hydroxyl groups is 1. The Morgan fingerprint density at radius 2 is 2.14 bits per heavy atom. The molecule has 0 saturated heterocycles. The van der Waals surface area contributed by atoms with Gasteiger partial charge in [-0.1, -0.05) is 6.07 Å². The van der Waals surface area contributed by atoms with Gasteiger partial charge in [0.2, 0.25) is 0 Å². The number of rotatable bonds is 3. The monoisotopic (exact) mass is 283 g/mol. The van der Waals surface area contributed by atoms with Crippen LogP contribution in [0.1, 0.15) is 30.0 Å². The van der Waals surface area contributed by atoms with E-state index in [0.717, 1.165) is 30.6 Å². The minimum absolute atomic E-state index is 0.226. The van der Waals surface area contributed by atoms with Gasteiger partial charge < -0.3 is 15.3 Å². The molecule has 1 aromatic heterocycles. The Labute approximate surface area is 125 Å². The number of aromatic nitrogens is 1. The van der Waals surface area contributed by atoms with Crippen LogP contribution in [-0.4, -0.2) is 24.2 Å². The molecule has 1 aliphatic carbocycles. The molecule has 1 unspecified atom stereocenters. The van der Waals surface area contributed by atoms with Crippen molar-refractivity contribution in [3.05, 3.63) is 47.8 Å². The Morgan fingerprint density at radius 1 is 1.29 bits per heavy atom. The van der Waals surface area contributed by atoms with Gasteiger partial charge in [-0.05, 0) is 48.6 Å². The molecule has 2 N–H and O–H groups in total. The zero-order valence-electron chi connectivity index (χ0n) is 12.5. The van der Waals surface area contributed by atoms with E-state index in [2.05, 4.69) is 15.2 Å². The van der Waals surface area contributed by atoms with Crippen LogP contribution in [0.15, 0.2) is 36.7 Å². The van der Waals surface area contributed by atoms with E-state index >= 15 is 0 Å². The Hall–Kier alpha value is -2.23. The van der Waals surface area contributed by atoms with Crippen LogP contribution in [0.25, 0.3) is 0 Å². The van der Waals surface area contributed by atoms with E-state index < -0.39 is 0 Å². The number of fused-ring (bicyclic) bond motifs is 1. The minimum atomic E-state index is 0.226. The number of benzene rings is 1. The number of hydrogen-bond acceptors (Lipinski definition) is 4. The molecule has 1 aliphatic rings. The fourth-order valence-corrected chi connectivity index (χ4v) is 3.01. The largest absolute Gasteiger partial charge is 0.508 e.